The Kier molecular flexibility index (Phi) is 3.31. The lowest BCUT2D eigenvalue weighted by atomic mass is 10.2. The fourth-order valence-electron chi connectivity index (χ4n) is 1.82. The molecule has 1 heterocycles. The average Bonchev–Trinajstić information content (AvgIpc) is 2.56. The summed E-state index contributed by atoms with van der Waals surface area (Å²) in [5, 5.41) is 1.89. The predicted octanol–water partition coefficient (Wildman–Crippen LogP) is 3.66. The van der Waals surface area contributed by atoms with Crippen molar-refractivity contribution in [3.63, 3.8) is 0 Å². The van der Waals surface area contributed by atoms with E-state index in [1.165, 1.54) is 0 Å². The van der Waals surface area contributed by atoms with Crippen LogP contribution in [0.1, 0.15) is 17.4 Å². The third-order valence-corrected chi connectivity index (χ3v) is 3.04. The zero-order valence-electron chi connectivity index (χ0n) is 9.46. The molecule has 5 heteroatoms. The lowest BCUT2D eigenvalue weighted by molar-refractivity contribution is 0.0516. The first-order chi connectivity index (χ1) is 8.04. The number of carbonyl (C=O) groups excluding carboxylic acids is 1. The van der Waals surface area contributed by atoms with Crippen LogP contribution in [0.5, 0.6) is 0 Å². The molecular formula is C12H11Cl2NO2. The zero-order chi connectivity index (χ0) is 12.6. The van der Waals surface area contributed by atoms with E-state index in [1.807, 2.05) is 0 Å². The summed E-state index contributed by atoms with van der Waals surface area (Å²) in [6.07, 6.45) is 0. The molecule has 0 aliphatic heterocycles. The van der Waals surface area contributed by atoms with Crippen LogP contribution in [-0.4, -0.2) is 17.1 Å². The molecule has 0 aliphatic rings. The molecule has 0 saturated heterocycles. The Morgan fingerprint density at radius 1 is 1.35 bits per heavy atom. The molecule has 1 aromatic heterocycles. The van der Waals surface area contributed by atoms with Gasteiger partial charge in [-0.15, -0.1) is 0 Å². The molecule has 0 radical (unpaired) electrons. The predicted molar refractivity (Wildman–Crippen MR) is 68.9 cm³/mol. The molecule has 90 valence electrons. The van der Waals surface area contributed by atoms with Gasteiger partial charge in [0.2, 0.25) is 0 Å². The van der Waals surface area contributed by atoms with Gasteiger partial charge in [-0.1, -0.05) is 23.2 Å². The van der Waals surface area contributed by atoms with Crippen LogP contribution in [0.2, 0.25) is 10.0 Å². The van der Waals surface area contributed by atoms with Gasteiger partial charge in [-0.2, -0.15) is 0 Å². The van der Waals surface area contributed by atoms with E-state index in [4.69, 9.17) is 27.9 Å². The van der Waals surface area contributed by atoms with Gasteiger partial charge in [-0.05, 0) is 25.1 Å². The molecule has 3 nitrogen and oxygen atoms in total. The van der Waals surface area contributed by atoms with E-state index < -0.39 is 0 Å². The smallest absolute Gasteiger partial charge is 0.354 e. The molecule has 2 aromatic rings. The van der Waals surface area contributed by atoms with Gasteiger partial charge in [0.15, 0.2) is 0 Å². The normalized spacial score (nSPS) is 10.8. The molecular weight excluding hydrogens is 261 g/mol. The van der Waals surface area contributed by atoms with Gasteiger partial charge in [0.1, 0.15) is 5.69 Å². The van der Waals surface area contributed by atoms with Crippen LogP contribution in [0.3, 0.4) is 0 Å². The number of aryl methyl sites for hydroxylation is 1. The number of ether oxygens (including phenoxy) is 1. The monoisotopic (exact) mass is 271 g/mol. The summed E-state index contributed by atoms with van der Waals surface area (Å²) in [5.74, 6) is -0.363. The molecule has 0 spiro atoms. The third-order valence-electron chi connectivity index (χ3n) is 2.53. The van der Waals surface area contributed by atoms with Gasteiger partial charge in [-0.25, -0.2) is 4.79 Å². The first-order valence-corrected chi connectivity index (χ1v) is 5.91. The van der Waals surface area contributed by atoms with Crippen molar-refractivity contribution >= 4 is 40.1 Å². The topological polar surface area (TPSA) is 31.2 Å². The summed E-state index contributed by atoms with van der Waals surface area (Å²) in [6, 6.07) is 5.15. The molecule has 2 rings (SSSR count). The largest absolute Gasteiger partial charge is 0.461 e. The number of hydrogen-bond acceptors (Lipinski definition) is 2. The number of benzene rings is 1. The van der Waals surface area contributed by atoms with E-state index in [2.05, 4.69) is 0 Å². The molecule has 0 amide bonds. The molecule has 0 aliphatic carbocycles. The number of esters is 1. The molecule has 1 aromatic carbocycles. The van der Waals surface area contributed by atoms with E-state index in [-0.39, 0.29) is 5.97 Å². The van der Waals surface area contributed by atoms with Crippen molar-refractivity contribution in [2.24, 2.45) is 7.05 Å². The Bertz CT molecular complexity index is 590. The van der Waals surface area contributed by atoms with Crippen molar-refractivity contribution in [3.8, 4) is 0 Å². The molecule has 0 atom stereocenters. The molecule has 0 fully saturated rings. The quantitative estimate of drug-likeness (QED) is 0.781. The second-order valence-electron chi connectivity index (χ2n) is 3.63. The summed E-state index contributed by atoms with van der Waals surface area (Å²) in [7, 11) is 1.77. The summed E-state index contributed by atoms with van der Waals surface area (Å²) in [6.45, 7) is 2.11. The molecule has 0 unspecified atom stereocenters. The highest BCUT2D eigenvalue weighted by atomic mass is 35.5. The summed E-state index contributed by atoms with van der Waals surface area (Å²) < 4.78 is 6.69. The number of fused-ring (bicyclic) bond motifs is 1. The van der Waals surface area contributed by atoms with Crippen molar-refractivity contribution in [2.45, 2.75) is 6.92 Å². The van der Waals surface area contributed by atoms with Gasteiger partial charge >= 0.3 is 5.97 Å². The van der Waals surface area contributed by atoms with Crippen LogP contribution in [0.25, 0.3) is 10.9 Å². The first kappa shape index (κ1) is 12.3. The van der Waals surface area contributed by atoms with E-state index in [0.717, 1.165) is 10.9 Å². The van der Waals surface area contributed by atoms with E-state index >= 15 is 0 Å². The minimum atomic E-state index is -0.363. The minimum absolute atomic E-state index is 0.342. The average molecular weight is 272 g/mol. The second-order valence-corrected chi connectivity index (χ2v) is 4.48. The maximum atomic E-state index is 11.7. The second kappa shape index (κ2) is 4.59. The third kappa shape index (κ3) is 2.13. The molecule has 17 heavy (non-hydrogen) atoms. The minimum Gasteiger partial charge on any atom is -0.461 e. The standard InChI is InChI=1S/C12H11Cl2NO2/c1-3-17-12(16)10-5-7-4-8(13)6-9(14)11(7)15(10)2/h4-6H,3H2,1-2H3. The summed E-state index contributed by atoms with van der Waals surface area (Å²) in [5.41, 5.74) is 1.24. The van der Waals surface area contributed by atoms with Gasteiger partial charge in [0.25, 0.3) is 0 Å². The fourth-order valence-corrected chi connectivity index (χ4v) is 2.45. The maximum absolute atomic E-state index is 11.7. The van der Waals surface area contributed by atoms with Gasteiger partial charge < -0.3 is 9.30 Å². The van der Waals surface area contributed by atoms with E-state index in [0.29, 0.717) is 22.3 Å². The van der Waals surface area contributed by atoms with Crippen molar-refractivity contribution in [3.05, 3.63) is 33.9 Å². The number of rotatable bonds is 2. The van der Waals surface area contributed by atoms with Crippen molar-refractivity contribution < 1.29 is 9.53 Å². The summed E-state index contributed by atoms with van der Waals surface area (Å²) >= 11 is 12.0. The van der Waals surface area contributed by atoms with Crippen molar-refractivity contribution in [1.29, 1.82) is 0 Å². The Labute approximate surface area is 109 Å². The Hall–Kier alpha value is -1.19. The number of nitrogens with zero attached hydrogens (tertiary/aromatic N) is 1. The highest BCUT2D eigenvalue weighted by molar-refractivity contribution is 6.38. The Morgan fingerprint density at radius 2 is 2.06 bits per heavy atom. The number of carbonyl (C=O) groups is 1. The van der Waals surface area contributed by atoms with Crippen LogP contribution >= 0.6 is 23.2 Å². The van der Waals surface area contributed by atoms with Gasteiger partial charge in [0.05, 0.1) is 17.1 Å². The lowest BCUT2D eigenvalue weighted by Crippen LogP contribution is -2.09. The number of hydrogen-bond donors (Lipinski definition) is 0. The Balaban J connectivity index is 2.64. The highest BCUT2D eigenvalue weighted by Crippen LogP contribution is 2.30. The van der Waals surface area contributed by atoms with Crippen LogP contribution in [0.15, 0.2) is 18.2 Å². The van der Waals surface area contributed by atoms with Gasteiger partial charge in [0, 0.05) is 17.5 Å². The van der Waals surface area contributed by atoms with E-state index in [1.54, 1.807) is 36.7 Å². The van der Waals surface area contributed by atoms with Crippen molar-refractivity contribution in [2.75, 3.05) is 6.61 Å². The van der Waals surface area contributed by atoms with Crippen LogP contribution in [0.4, 0.5) is 0 Å². The van der Waals surface area contributed by atoms with E-state index in [9.17, 15) is 4.79 Å². The number of halogens is 2. The molecule has 0 saturated carbocycles. The highest BCUT2D eigenvalue weighted by Gasteiger charge is 2.16. The number of aromatic nitrogens is 1. The fraction of sp³-hybridized carbons (Fsp3) is 0.250. The van der Waals surface area contributed by atoms with Crippen LogP contribution < -0.4 is 0 Å². The first-order valence-electron chi connectivity index (χ1n) is 5.16. The zero-order valence-corrected chi connectivity index (χ0v) is 11.0. The van der Waals surface area contributed by atoms with Crippen LogP contribution in [-0.2, 0) is 11.8 Å². The molecule has 0 N–H and O–H groups in total. The molecule has 0 bridgehead atoms. The van der Waals surface area contributed by atoms with Gasteiger partial charge in [-0.3, -0.25) is 0 Å². The SMILES string of the molecule is CCOC(=O)c1cc2cc(Cl)cc(Cl)c2n1C. The summed E-state index contributed by atoms with van der Waals surface area (Å²) in [4.78, 5) is 11.7. The maximum Gasteiger partial charge on any atom is 0.354 e. The van der Waals surface area contributed by atoms with Crippen molar-refractivity contribution in [1.82, 2.24) is 4.57 Å². The Morgan fingerprint density at radius 3 is 2.71 bits per heavy atom. The lowest BCUT2D eigenvalue weighted by Gasteiger charge is -2.04. The van der Waals surface area contributed by atoms with Crippen LogP contribution in [0, 0.1) is 0 Å².